The maximum Gasteiger partial charge on any atom is 0.142 e. The molecule has 0 saturated carbocycles. The van der Waals surface area contributed by atoms with Gasteiger partial charge in [0.25, 0.3) is 0 Å². The second-order valence-electron chi connectivity index (χ2n) is 4.19. The Morgan fingerprint density at radius 3 is 3.06 bits per heavy atom. The number of anilines is 1. The first-order chi connectivity index (χ1) is 8.20. The normalized spacial score (nSPS) is 13.1. The third-order valence-corrected chi connectivity index (χ3v) is 4.80. The van der Waals surface area contributed by atoms with Gasteiger partial charge in [-0.3, -0.25) is 0 Å². The van der Waals surface area contributed by atoms with Gasteiger partial charge in [0, 0.05) is 0 Å². The quantitative estimate of drug-likeness (QED) is 0.900. The maximum absolute atomic E-state index is 5.91. The third-order valence-electron chi connectivity index (χ3n) is 2.73. The molecule has 1 atom stereocenters. The monoisotopic (exact) mass is 267 g/mol. The van der Waals surface area contributed by atoms with Crippen LogP contribution in [0.25, 0.3) is 10.2 Å². The Hall–Kier alpha value is -0.810. The Balaban J connectivity index is 2.03. The van der Waals surface area contributed by atoms with Crippen LogP contribution in [-0.4, -0.2) is 15.7 Å². The number of thiophene rings is 1. The molecule has 0 fully saturated rings. The van der Waals surface area contributed by atoms with Gasteiger partial charge in [0.05, 0.1) is 11.1 Å². The number of nitrogen functional groups attached to an aromatic ring is 1. The fraction of sp³-hybridized carbons (Fsp3) is 0.500. The molecule has 0 bridgehead atoms. The smallest absolute Gasteiger partial charge is 0.142 e. The summed E-state index contributed by atoms with van der Waals surface area (Å²) in [7, 11) is 0. The number of nitrogens with zero attached hydrogens (tertiary/aromatic N) is 2. The van der Waals surface area contributed by atoms with Crippen molar-refractivity contribution in [1.82, 2.24) is 9.97 Å². The van der Waals surface area contributed by atoms with Gasteiger partial charge in [0.2, 0.25) is 0 Å². The average molecular weight is 267 g/mol. The highest BCUT2D eigenvalue weighted by Crippen LogP contribution is 2.24. The summed E-state index contributed by atoms with van der Waals surface area (Å²) in [5.74, 6) is 4.22. The van der Waals surface area contributed by atoms with Crippen molar-refractivity contribution in [2.75, 3.05) is 11.5 Å². The van der Waals surface area contributed by atoms with Gasteiger partial charge < -0.3 is 5.73 Å². The molecule has 3 nitrogen and oxygen atoms in total. The van der Waals surface area contributed by atoms with Crippen molar-refractivity contribution in [3.63, 3.8) is 0 Å². The first-order valence-corrected chi connectivity index (χ1v) is 7.81. The van der Waals surface area contributed by atoms with E-state index in [1.165, 1.54) is 6.42 Å². The summed E-state index contributed by atoms with van der Waals surface area (Å²) in [5.41, 5.74) is 5.91. The maximum atomic E-state index is 5.91. The zero-order chi connectivity index (χ0) is 12.3. The van der Waals surface area contributed by atoms with Gasteiger partial charge >= 0.3 is 0 Å². The van der Waals surface area contributed by atoms with Crippen molar-refractivity contribution in [3.05, 3.63) is 17.3 Å². The molecule has 5 heteroatoms. The van der Waals surface area contributed by atoms with Gasteiger partial charge in [-0.25, -0.2) is 9.97 Å². The molecule has 0 saturated heterocycles. The molecular weight excluding hydrogens is 250 g/mol. The van der Waals surface area contributed by atoms with Gasteiger partial charge in [-0.15, -0.1) is 11.3 Å². The Labute approximate surface area is 110 Å². The Morgan fingerprint density at radius 2 is 2.29 bits per heavy atom. The van der Waals surface area contributed by atoms with Crippen LogP contribution in [0.2, 0.25) is 0 Å². The van der Waals surface area contributed by atoms with E-state index in [9.17, 15) is 0 Å². The molecule has 2 N–H and O–H groups in total. The molecule has 92 valence electrons. The largest absolute Gasteiger partial charge is 0.383 e. The van der Waals surface area contributed by atoms with E-state index in [4.69, 9.17) is 5.73 Å². The number of thioether (sulfide) groups is 1. The van der Waals surface area contributed by atoms with Crippen molar-refractivity contribution in [2.45, 2.75) is 26.0 Å². The molecular formula is C12H17N3S2. The number of hydrogen-bond donors (Lipinski definition) is 1. The van der Waals surface area contributed by atoms with Crippen LogP contribution in [0.3, 0.4) is 0 Å². The molecule has 17 heavy (non-hydrogen) atoms. The number of hydrogen-bond acceptors (Lipinski definition) is 5. The molecule has 0 aliphatic rings. The minimum atomic E-state index is 0.607. The summed E-state index contributed by atoms with van der Waals surface area (Å²) >= 11 is 3.50. The molecule has 0 spiro atoms. The van der Waals surface area contributed by atoms with Crippen LogP contribution >= 0.6 is 23.1 Å². The fourth-order valence-corrected chi connectivity index (χ4v) is 3.32. The Kier molecular flexibility index (Phi) is 4.23. The summed E-state index contributed by atoms with van der Waals surface area (Å²) in [5, 5.41) is 2.98. The van der Waals surface area contributed by atoms with Crippen LogP contribution in [0.5, 0.6) is 0 Å². The lowest BCUT2D eigenvalue weighted by molar-refractivity contribution is 0.636. The Morgan fingerprint density at radius 1 is 1.47 bits per heavy atom. The van der Waals surface area contributed by atoms with E-state index < -0.39 is 0 Å². The van der Waals surface area contributed by atoms with Gasteiger partial charge in [-0.1, -0.05) is 20.3 Å². The average Bonchev–Trinajstić information content (AvgIpc) is 2.77. The van der Waals surface area contributed by atoms with E-state index in [1.807, 2.05) is 23.2 Å². The van der Waals surface area contributed by atoms with Crippen molar-refractivity contribution in [2.24, 2.45) is 5.92 Å². The number of rotatable bonds is 5. The molecule has 1 unspecified atom stereocenters. The lowest BCUT2D eigenvalue weighted by atomic mass is 10.2. The van der Waals surface area contributed by atoms with Gasteiger partial charge in [-0.05, 0) is 23.1 Å². The van der Waals surface area contributed by atoms with Gasteiger partial charge in [0.15, 0.2) is 0 Å². The van der Waals surface area contributed by atoms with Crippen molar-refractivity contribution >= 4 is 39.1 Å². The van der Waals surface area contributed by atoms with Crippen molar-refractivity contribution in [1.29, 1.82) is 0 Å². The third kappa shape index (κ3) is 3.10. The van der Waals surface area contributed by atoms with Crippen LogP contribution in [0.4, 0.5) is 5.82 Å². The molecule has 0 amide bonds. The molecule has 2 aromatic heterocycles. The minimum absolute atomic E-state index is 0.607. The molecule has 2 aromatic rings. The van der Waals surface area contributed by atoms with Crippen molar-refractivity contribution in [3.8, 4) is 0 Å². The SMILES string of the molecule is CCC(C)CSCc1nc(N)c2ccsc2n1. The highest BCUT2D eigenvalue weighted by atomic mass is 32.2. The first kappa shape index (κ1) is 12.6. The van der Waals surface area contributed by atoms with Crippen LogP contribution in [0.1, 0.15) is 26.1 Å². The highest BCUT2D eigenvalue weighted by Gasteiger charge is 2.07. The first-order valence-electron chi connectivity index (χ1n) is 5.78. The summed E-state index contributed by atoms with van der Waals surface area (Å²) in [4.78, 5) is 9.87. The van der Waals surface area contributed by atoms with Gasteiger partial charge in [0.1, 0.15) is 16.5 Å². The molecule has 0 aliphatic carbocycles. The standard InChI is InChI=1S/C12H17N3S2/c1-3-8(2)6-16-7-10-14-11(13)9-4-5-17-12(9)15-10/h4-5,8H,3,6-7H2,1-2H3,(H2,13,14,15). The van der Waals surface area contributed by atoms with Crippen LogP contribution in [0.15, 0.2) is 11.4 Å². The van der Waals surface area contributed by atoms with Crippen LogP contribution < -0.4 is 5.73 Å². The predicted molar refractivity (Wildman–Crippen MR) is 77.4 cm³/mol. The summed E-state index contributed by atoms with van der Waals surface area (Å²) in [6, 6.07) is 1.98. The zero-order valence-electron chi connectivity index (χ0n) is 10.1. The van der Waals surface area contributed by atoms with E-state index >= 15 is 0 Å². The van der Waals surface area contributed by atoms with E-state index in [0.717, 1.165) is 33.5 Å². The minimum Gasteiger partial charge on any atom is -0.383 e. The lowest BCUT2D eigenvalue weighted by Gasteiger charge is -2.07. The molecule has 0 aliphatic heterocycles. The Bertz CT molecular complexity index is 495. The number of nitrogens with two attached hydrogens (primary N) is 1. The highest BCUT2D eigenvalue weighted by molar-refractivity contribution is 7.98. The topological polar surface area (TPSA) is 51.8 Å². The lowest BCUT2D eigenvalue weighted by Crippen LogP contribution is -2.00. The predicted octanol–water partition coefficient (Wildman–Crippen LogP) is 3.55. The van der Waals surface area contributed by atoms with E-state index in [1.54, 1.807) is 11.3 Å². The fourth-order valence-electron chi connectivity index (χ4n) is 1.46. The molecule has 0 aromatic carbocycles. The van der Waals surface area contributed by atoms with E-state index in [2.05, 4.69) is 23.8 Å². The number of fused-ring (bicyclic) bond motifs is 1. The van der Waals surface area contributed by atoms with Crippen LogP contribution in [-0.2, 0) is 5.75 Å². The summed E-state index contributed by atoms with van der Waals surface area (Å²) in [6.45, 7) is 4.49. The van der Waals surface area contributed by atoms with Crippen LogP contribution in [0, 0.1) is 5.92 Å². The molecule has 2 heterocycles. The van der Waals surface area contributed by atoms with Crippen molar-refractivity contribution < 1.29 is 0 Å². The molecule has 2 rings (SSSR count). The summed E-state index contributed by atoms with van der Waals surface area (Å²) < 4.78 is 0. The number of aromatic nitrogens is 2. The molecule has 0 radical (unpaired) electrons. The second kappa shape index (κ2) is 5.69. The van der Waals surface area contributed by atoms with E-state index in [-0.39, 0.29) is 0 Å². The zero-order valence-corrected chi connectivity index (χ0v) is 11.8. The summed E-state index contributed by atoms with van der Waals surface area (Å²) in [6.07, 6.45) is 1.22. The van der Waals surface area contributed by atoms with E-state index in [0.29, 0.717) is 5.82 Å². The second-order valence-corrected chi connectivity index (χ2v) is 6.12. The van der Waals surface area contributed by atoms with Gasteiger partial charge in [-0.2, -0.15) is 11.8 Å².